The Morgan fingerprint density at radius 2 is 1.60 bits per heavy atom. The average Bonchev–Trinajstić information content (AvgIpc) is 2.97. The van der Waals surface area contributed by atoms with Gasteiger partial charge in [-0.05, 0) is 69.0 Å². The van der Waals surface area contributed by atoms with Crippen molar-refractivity contribution in [3.05, 3.63) is 95.6 Å². The van der Waals surface area contributed by atoms with Crippen molar-refractivity contribution < 1.29 is 22.7 Å². The number of amides is 2. The van der Waals surface area contributed by atoms with Gasteiger partial charge in [0.2, 0.25) is 21.8 Å². The smallest absolute Gasteiger partial charge is 0.243 e. The van der Waals surface area contributed by atoms with Gasteiger partial charge in [-0.1, -0.05) is 67.1 Å². The topological polar surface area (TPSA) is 96.0 Å². The normalized spacial score (nSPS) is 12.7. The molecule has 0 spiro atoms. The van der Waals surface area contributed by atoms with E-state index in [0.29, 0.717) is 24.5 Å². The van der Waals surface area contributed by atoms with Crippen molar-refractivity contribution in [2.24, 2.45) is 0 Å². The quantitative estimate of drug-likeness (QED) is 0.232. The zero-order valence-electron chi connectivity index (χ0n) is 26.0. The minimum atomic E-state index is -3.60. The average molecular weight is 608 g/mol. The second-order valence-corrected chi connectivity index (χ2v) is 12.8. The van der Waals surface area contributed by atoms with E-state index in [0.717, 1.165) is 29.4 Å². The highest BCUT2D eigenvalue weighted by molar-refractivity contribution is 7.92. The van der Waals surface area contributed by atoms with Crippen LogP contribution >= 0.6 is 0 Å². The lowest BCUT2D eigenvalue weighted by Crippen LogP contribution is -2.52. The number of nitrogens with one attached hydrogen (secondary N) is 1. The van der Waals surface area contributed by atoms with E-state index in [1.54, 1.807) is 29.2 Å². The lowest BCUT2D eigenvalue weighted by atomic mass is 10.0. The lowest BCUT2D eigenvalue weighted by molar-refractivity contribution is -0.141. The minimum absolute atomic E-state index is 0.0425. The van der Waals surface area contributed by atoms with Gasteiger partial charge in [0.25, 0.3) is 0 Å². The molecule has 0 bridgehead atoms. The fourth-order valence-electron chi connectivity index (χ4n) is 4.88. The van der Waals surface area contributed by atoms with Crippen LogP contribution in [0.4, 0.5) is 5.69 Å². The maximum atomic E-state index is 14.0. The molecule has 0 aromatic heterocycles. The van der Waals surface area contributed by atoms with Crippen LogP contribution in [-0.4, -0.2) is 56.6 Å². The van der Waals surface area contributed by atoms with Crippen LogP contribution in [0.25, 0.3) is 0 Å². The van der Waals surface area contributed by atoms with E-state index in [1.165, 1.54) is 4.31 Å². The molecule has 2 amide bonds. The number of aryl methyl sites for hydroxylation is 1. The first-order valence-corrected chi connectivity index (χ1v) is 16.8. The van der Waals surface area contributed by atoms with Crippen LogP contribution in [0.3, 0.4) is 0 Å². The van der Waals surface area contributed by atoms with E-state index in [2.05, 4.69) is 5.32 Å². The summed E-state index contributed by atoms with van der Waals surface area (Å²) in [6.45, 7) is 8.73. The van der Waals surface area contributed by atoms with Gasteiger partial charge in [0, 0.05) is 32.0 Å². The molecule has 0 saturated carbocycles. The Bertz CT molecular complexity index is 1430. The van der Waals surface area contributed by atoms with Gasteiger partial charge in [-0.25, -0.2) is 8.42 Å². The molecule has 2 atom stereocenters. The Balaban J connectivity index is 1.87. The fraction of sp³-hybridized carbons (Fsp3) is 0.412. The second kappa shape index (κ2) is 16.1. The molecular weight excluding hydrogens is 562 g/mol. The number of sulfonamides is 1. The van der Waals surface area contributed by atoms with Crippen molar-refractivity contribution in [3.63, 3.8) is 0 Å². The van der Waals surface area contributed by atoms with Gasteiger partial charge >= 0.3 is 0 Å². The molecule has 43 heavy (non-hydrogen) atoms. The molecule has 3 aromatic rings. The first kappa shape index (κ1) is 33.6. The molecule has 0 aliphatic heterocycles. The molecule has 3 rings (SSSR count). The van der Waals surface area contributed by atoms with Gasteiger partial charge in [0.05, 0.1) is 18.6 Å². The van der Waals surface area contributed by atoms with Gasteiger partial charge in [0.1, 0.15) is 11.8 Å². The first-order chi connectivity index (χ1) is 20.5. The van der Waals surface area contributed by atoms with Crippen molar-refractivity contribution in [2.45, 2.75) is 72.0 Å². The van der Waals surface area contributed by atoms with Crippen LogP contribution < -0.4 is 14.4 Å². The zero-order chi connectivity index (χ0) is 31.4. The number of ether oxygens (including phenoxy) is 1. The molecule has 232 valence electrons. The predicted octanol–water partition coefficient (Wildman–Crippen LogP) is 5.49. The van der Waals surface area contributed by atoms with Crippen LogP contribution in [-0.2, 0) is 32.6 Å². The first-order valence-electron chi connectivity index (χ1n) is 14.9. The summed E-state index contributed by atoms with van der Waals surface area (Å²) in [5.41, 5.74) is 3.44. The molecule has 0 radical (unpaired) electrons. The third-order valence-electron chi connectivity index (χ3n) is 7.30. The number of carbonyl (C=O) groups excluding carboxylic acids is 2. The third-order valence-corrected chi connectivity index (χ3v) is 8.49. The number of anilines is 1. The second-order valence-electron chi connectivity index (χ2n) is 10.9. The highest BCUT2D eigenvalue weighted by Gasteiger charge is 2.31. The largest absolute Gasteiger partial charge is 0.494 e. The van der Waals surface area contributed by atoms with E-state index < -0.39 is 16.1 Å². The van der Waals surface area contributed by atoms with Gasteiger partial charge in [-0.2, -0.15) is 0 Å². The standard InChI is InChI=1S/C34H45N3O5S/c1-6-27(4)35-34(39)32(24-28-14-9-8-10-15-28)36(25-29-16-11-13-26(3)23-29)33(38)17-12-22-37(43(5,40)41)30-18-20-31(21-19-30)42-7-2/h8-11,13-16,18-21,23,27,32H,6-7,12,17,22,24-25H2,1-5H3,(H,35,39)/t27-,32+/m1/s1. The van der Waals surface area contributed by atoms with E-state index in [1.807, 2.05) is 82.3 Å². The van der Waals surface area contributed by atoms with Crippen LogP contribution in [0.5, 0.6) is 5.75 Å². The van der Waals surface area contributed by atoms with Gasteiger partial charge < -0.3 is 15.0 Å². The van der Waals surface area contributed by atoms with Crippen molar-refractivity contribution in [1.82, 2.24) is 10.2 Å². The highest BCUT2D eigenvalue weighted by atomic mass is 32.2. The van der Waals surface area contributed by atoms with Gasteiger partial charge in [-0.3, -0.25) is 13.9 Å². The van der Waals surface area contributed by atoms with Crippen molar-refractivity contribution in [3.8, 4) is 5.75 Å². The molecule has 0 aliphatic rings. The zero-order valence-corrected chi connectivity index (χ0v) is 26.8. The van der Waals surface area contributed by atoms with Crippen LogP contribution in [0, 0.1) is 6.92 Å². The third kappa shape index (κ3) is 10.4. The highest BCUT2D eigenvalue weighted by Crippen LogP contribution is 2.23. The summed E-state index contributed by atoms with van der Waals surface area (Å²) in [5, 5.41) is 3.08. The van der Waals surface area contributed by atoms with E-state index >= 15 is 0 Å². The Kier molecular flexibility index (Phi) is 12.6. The molecule has 0 unspecified atom stereocenters. The summed E-state index contributed by atoms with van der Waals surface area (Å²) >= 11 is 0. The van der Waals surface area contributed by atoms with Crippen molar-refractivity contribution in [2.75, 3.05) is 23.7 Å². The molecule has 9 heteroatoms. The Morgan fingerprint density at radius 1 is 0.930 bits per heavy atom. The molecule has 3 aromatic carbocycles. The van der Waals surface area contributed by atoms with Crippen LogP contribution in [0.15, 0.2) is 78.9 Å². The molecule has 1 N–H and O–H groups in total. The van der Waals surface area contributed by atoms with Crippen LogP contribution in [0.2, 0.25) is 0 Å². The fourth-order valence-corrected chi connectivity index (χ4v) is 5.85. The number of benzene rings is 3. The molecular formula is C34H45N3O5S. The molecule has 0 heterocycles. The number of nitrogens with zero attached hydrogens (tertiary/aromatic N) is 2. The minimum Gasteiger partial charge on any atom is -0.494 e. The summed E-state index contributed by atoms with van der Waals surface area (Å²) in [7, 11) is -3.60. The summed E-state index contributed by atoms with van der Waals surface area (Å²) in [5.74, 6) is 0.245. The monoisotopic (exact) mass is 607 g/mol. The maximum absolute atomic E-state index is 14.0. The summed E-state index contributed by atoms with van der Waals surface area (Å²) in [6.07, 6.45) is 2.65. The Morgan fingerprint density at radius 3 is 2.21 bits per heavy atom. The molecule has 0 fully saturated rings. The van der Waals surface area contributed by atoms with E-state index in [4.69, 9.17) is 4.74 Å². The number of rotatable bonds is 16. The molecule has 8 nitrogen and oxygen atoms in total. The predicted molar refractivity (Wildman–Crippen MR) is 173 cm³/mol. The SMILES string of the molecule is CCOc1ccc(N(CCCC(=O)N(Cc2cccc(C)c2)[C@@H](Cc2ccccc2)C(=O)N[C@H](C)CC)S(C)(=O)=O)cc1. The van der Waals surface area contributed by atoms with Crippen LogP contribution in [0.1, 0.15) is 56.7 Å². The summed E-state index contributed by atoms with van der Waals surface area (Å²) in [6, 6.07) is 23.7. The maximum Gasteiger partial charge on any atom is 0.243 e. The Hall–Kier alpha value is -3.85. The summed E-state index contributed by atoms with van der Waals surface area (Å²) in [4.78, 5) is 29.3. The van der Waals surface area contributed by atoms with Crippen molar-refractivity contribution in [1.29, 1.82) is 0 Å². The van der Waals surface area contributed by atoms with Gasteiger partial charge in [0.15, 0.2) is 0 Å². The lowest BCUT2D eigenvalue weighted by Gasteiger charge is -2.33. The number of carbonyl (C=O) groups is 2. The van der Waals surface area contributed by atoms with Crippen molar-refractivity contribution >= 4 is 27.5 Å². The Labute approximate surface area is 257 Å². The molecule has 0 aliphatic carbocycles. The molecule has 0 saturated heterocycles. The van der Waals surface area contributed by atoms with Gasteiger partial charge in [-0.15, -0.1) is 0 Å². The number of hydrogen-bond donors (Lipinski definition) is 1. The summed E-state index contributed by atoms with van der Waals surface area (Å²) < 4.78 is 32.2. The van der Waals surface area contributed by atoms with E-state index in [9.17, 15) is 18.0 Å². The van der Waals surface area contributed by atoms with E-state index in [-0.39, 0.29) is 43.8 Å². The number of hydrogen-bond acceptors (Lipinski definition) is 5.